The third kappa shape index (κ3) is 4.62. The molecule has 0 atom stereocenters. The SMILES string of the molecule is O=C(C=C(Cl)Cl)CBr. The van der Waals surface area contributed by atoms with Gasteiger partial charge in [0.2, 0.25) is 0 Å². The van der Waals surface area contributed by atoms with Crippen LogP contribution in [0.15, 0.2) is 10.6 Å². The first-order valence-corrected chi connectivity index (χ1v) is 3.66. The molecule has 0 aliphatic rings. The minimum atomic E-state index is -0.134. The quantitative estimate of drug-likeness (QED) is 0.513. The fourth-order valence-corrected chi connectivity index (χ4v) is 0.566. The van der Waals surface area contributed by atoms with Crippen LogP contribution in [0.25, 0.3) is 0 Å². The van der Waals surface area contributed by atoms with Gasteiger partial charge in [-0.05, 0) is 0 Å². The zero-order chi connectivity index (χ0) is 6.57. The maximum Gasteiger partial charge on any atom is 0.168 e. The molecule has 0 aliphatic heterocycles. The van der Waals surface area contributed by atoms with Crippen LogP contribution in [-0.2, 0) is 4.79 Å². The molecule has 0 saturated carbocycles. The molecule has 0 spiro atoms. The summed E-state index contributed by atoms with van der Waals surface area (Å²) in [5.74, 6) is -0.134. The molecule has 0 radical (unpaired) electrons. The normalized spacial score (nSPS) is 8.38. The third-order valence-electron chi connectivity index (χ3n) is 0.402. The summed E-state index contributed by atoms with van der Waals surface area (Å²) in [6.45, 7) is 0. The van der Waals surface area contributed by atoms with Gasteiger partial charge in [-0.1, -0.05) is 39.1 Å². The average Bonchev–Trinajstić information content (AvgIpc) is 1.65. The summed E-state index contributed by atoms with van der Waals surface area (Å²) in [6.07, 6.45) is 1.15. The molecular weight excluding hydrogens is 215 g/mol. The number of hydrogen-bond acceptors (Lipinski definition) is 1. The van der Waals surface area contributed by atoms with Gasteiger partial charge in [0.15, 0.2) is 5.78 Å². The Bertz CT molecular complexity index is 117. The fraction of sp³-hybridized carbons (Fsp3) is 0.250. The molecule has 0 unspecified atom stereocenters. The lowest BCUT2D eigenvalue weighted by atomic mass is 10.5. The molecule has 0 amide bonds. The first-order valence-electron chi connectivity index (χ1n) is 1.78. The fourth-order valence-electron chi connectivity index (χ4n) is 0.160. The Morgan fingerprint density at radius 1 is 1.62 bits per heavy atom. The second kappa shape index (κ2) is 4.36. The highest BCUT2D eigenvalue weighted by Crippen LogP contribution is 2.05. The van der Waals surface area contributed by atoms with E-state index in [0.717, 1.165) is 6.08 Å². The maximum atomic E-state index is 10.3. The Kier molecular flexibility index (Phi) is 4.61. The highest BCUT2D eigenvalue weighted by atomic mass is 79.9. The largest absolute Gasteiger partial charge is 0.294 e. The van der Waals surface area contributed by atoms with Gasteiger partial charge in [-0.3, -0.25) is 4.79 Å². The molecule has 0 heterocycles. The lowest BCUT2D eigenvalue weighted by molar-refractivity contribution is -0.112. The van der Waals surface area contributed by atoms with Crippen molar-refractivity contribution >= 4 is 44.9 Å². The molecule has 0 aromatic carbocycles. The van der Waals surface area contributed by atoms with Crippen molar-refractivity contribution in [3.05, 3.63) is 10.6 Å². The van der Waals surface area contributed by atoms with Gasteiger partial charge in [-0.25, -0.2) is 0 Å². The van der Waals surface area contributed by atoms with E-state index in [-0.39, 0.29) is 15.6 Å². The second-order valence-corrected chi connectivity index (χ2v) is 2.60. The first kappa shape index (κ1) is 8.47. The van der Waals surface area contributed by atoms with Gasteiger partial charge in [-0.15, -0.1) is 0 Å². The lowest BCUT2D eigenvalue weighted by Crippen LogP contribution is -1.91. The molecule has 0 saturated heterocycles. The molecule has 0 aromatic heterocycles. The van der Waals surface area contributed by atoms with Crippen LogP contribution in [0.4, 0.5) is 0 Å². The standard InChI is InChI=1S/C4H3BrCl2O/c5-2-3(8)1-4(6)7/h1H,2H2. The molecule has 46 valence electrons. The van der Waals surface area contributed by atoms with Crippen molar-refractivity contribution in [2.45, 2.75) is 0 Å². The van der Waals surface area contributed by atoms with E-state index >= 15 is 0 Å². The molecule has 0 rings (SSSR count). The Morgan fingerprint density at radius 2 is 2.12 bits per heavy atom. The van der Waals surface area contributed by atoms with Crippen LogP contribution < -0.4 is 0 Å². The highest BCUT2D eigenvalue weighted by Gasteiger charge is 1.92. The number of carbonyl (C=O) groups is 1. The van der Waals surface area contributed by atoms with E-state index in [1.807, 2.05) is 0 Å². The van der Waals surface area contributed by atoms with Crippen LogP contribution in [0.2, 0.25) is 0 Å². The molecule has 8 heavy (non-hydrogen) atoms. The maximum absolute atomic E-state index is 10.3. The van der Waals surface area contributed by atoms with E-state index in [1.165, 1.54) is 0 Å². The molecule has 4 heteroatoms. The molecule has 0 N–H and O–H groups in total. The number of allylic oxidation sites excluding steroid dienone is 1. The van der Waals surface area contributed by atoms with E-state index in [4.69, 9.17) is 23.2 Å². The molecule has 0 fully saturated rings. The Balaban J connectivity index is 3.70. The zero-order valence-corrected chi connectivity index (χ0v) is 6.92. The van der Waals surface area contributed by atoms with Crippen LogP contribution in [-0.4, -0.2) is 11.1 Å². The van der Waals surface area contributed by atoms with Crippen LogP contribution in [0.5, 0.6) is 0 Å². The molecular formula is C4H3BrCl2O. The summed E-state index contributed by atoms with van der Waals surface area (Å²) in [5, 5.41) is 0.260. The zero-order valence-electron chi connectivity index (χ0n) is 3.83. The van der Waals surface area contributed by atoms with Gasteiger partial charge in [0, 0.05) is 6.08 Å². The van der Waals surface area contributed by atoms with E-state index in [0.29, 0.717) is 0 Å². The predicted octanol–water partition coefficient (Wildman–Crippen LogP) is 2.27. The molecule has 0 aliphatic carbocycles. The van der Waals surface area contributed by atoms with E-state index < -0.39 is 0 Å². The minimum absolute atomic E-state index is 0.00514. The molecule has 0 bridgehead atoms. The van der Waals surface area contributed by atoms with Crippen molar-refractivity contribution in [3.63, 3.8) is 0 Å². The summed E-state index contributed by atoms with van der Waals surface area (Å²) < 4.78 is -0.00514. The Morgan fingerprint density at radius 3 is 2.25 bits per heavy atom. The van der Waals surface area contributed by atoms with Crippen molar-refractivity contribution in [3.8, 4) is 0 Å². The lowest BCUT2D eigenvalue weighted by Gasteiger charge is -1.80. The van der Waals surface area contributed by atoms with Crippen molar-refractivity contribution in [1.29, 1.82) is 0 Å². The molecule has 0 aromatic rings. The Labute approximate surface area is 65.8 Å². The van der Waals surface area contributed by atoms with Crippen LogP contribution in [0.1, 0.15) is 0 Å². The van der Waals surface area contributed by atoms with E-state index in [9.17, 15) is 4.79 Å². The highest BCUT2D eigenvalue weighted by molar-refractivity contribution is 9.09. The molecule has 1 nitrogen and oxygen atoms in total. The van der Waals surface area contributed by atoms with E-state index in [1.54, 1.807) is 0 Å². The topological polar surface area (TPSA) is 17.1 Å². The van der Waals surface area contributed by atoms with Gasteiger partial charge < -0.3 is 0 Å². The van der Waals surface area contributed by atoms with Crippen molar-refractivity contribution in [1.82, 2.24) is 0 Å². The monoisotopic (exact) mass is 216 g/mol. The number of halogens is 3. The number of alkyl halides is 1. The predicted molar refractivity (Wildman–Crippen MR) is 38.6 cm³/mol. The summed E-state index contributed by atoms with van der Waals surface area (Å²) in [4.78, 5) is 10.3. The average molecular weight is 218 g/mol. The van der Waals surface area contributed by atoms with Crippen LogP contribution >= 0.6 is 39.1 Å². The van der Waals surface area contributed by atoms with Gasteiger partial charge in [0.05, 0.1) is 5.33 Å². The first-order chi connectivity index (χ1) is 3.66. The number of ketones is 1. The Hall–Kier alpha value is 0.470. The summed E-state index contributed by atoms with van der Waals surface area (Å²) >= 11 is 13.2. The number of carbonyl (C=O) groups excluding carboxylic acids is 1. The number of rotatable bonds is 2. The van der Waals surface area contributed by atoms with Crippen LogP contribution in [0.3, 0.4) is 0 Å². The van der Waals surface area contributed by atoms with Gasteiger partial charge in [0.25, 0.3) is 0 Å². The number of hydrogen-bond donors (Lipinski definition) is 0. The smallest absolute Gasteiger partial charge is 0.168 e. The summed E-state index contributed by atoms with van der Waals surface area (Å²) in [6, 6.07) is 0. The van der Waals surface area contributed by atoms with Crippen molar-refractivity contribution in [2.24, 2.45) is 0 Å². The van der Waals surface area contributed by atoms with Gasteiger partial charge >= 0.3 is 0 Å². The van der Waals surface area contributed by atoms with Gasteiger partial charge in [0.1, 0.15) is 4.49 Å². The second-order valence-electron chi connectivity index (χ2n) is 1.03. The van der Waals surface area contributed by atoms with Crippen LogP contribution in [0, 0.1) is 0 Å². The van der Waals surface area contributed by atoms with Crippen molar-refractivity contribution in [2.75, 3.05) is 5.33 Å². The summed E-state index contributed by atoms with van der Waals surface area (Å²) in [7, 11) is 0. The van der Waals surface area contributed by atoms with Crippen molar-refractivity contribution < 1.29 is 4.79 Å². The minimum Gasteiger partial charge on any atom is -0.294 e. The van der Waals surface area contributed by atoms with Gasteiger partial charge in [-0.2, -0.15) is 0 Å². The van der Waals surface area contributed by atoms with E-state index in [2.05, 4.69) is 15.9 Å². The summed E-state index contributed by atoms with van der Waals surface area (Å²) in [5.41, 5.74) is 0. The third-order valence-corrected chi connectivity index (χ3v) is 1.17.